The molecule has 0 bridgehead atoms. The molecule has 0 spiro atoms. The second-order valence-electron chi connectivity index (χ2n) is 6.88. The van der Waals surface area contributed by atoms with Gasteiger partial charge in [0.2, 0.25) is 5.95 Å². The highest BCUT2D eigenvalue weighted by molar-refractivity contribution is 5.80. The van der Waals surface area contributed by atoms with Crippen molar-refractivity contribution in [2.45, 2.75) is 26.4 Å². The van der Waals surface area contributed by atoms with Gasteiger partial charge in [0.1, 0.15) is 5.69 Å². The molecule has 3 aromatic heterocycles. The number of piperidine rings is 1. The van der Waals surface area contributed by atoms with E-state index in [1.807, 2.05) is 37.5 Å². The number of anilines is 1. The van der Waals surface area contributed by atoms with Crippen molar-refractivity contribution >= 4 is 5.95 Å². The lowest BCUT2D eigenvalue weighted by Crippen LogP contribution is -2.42. The first-order valence-corrected chi connectivity index (χ1v) is 8.88. The summed E-state index contributed by atoms with van der Waals surface area (Å²) < 4.78 is 5.64. The van der Waals surface area contributed by atoms with Crippen LogP contribution < -0.4 is 4.90 Å². The van der Waals surface area contributed by atoms with Gasteiger partial charge in [-0.1, -0.05) is 6.92 Å². The molecule has 0 radical (unpaired) electrons. The molecule has 3 aromatic rings. The summed E-state index contributed by atoms with van der Waals surface area (Å²) in [6, 6.07) is 5.74. The fourth-order valence-corrected chi connectivity index (χ4v) is 3.41. The highest BCUT2D eigenvalue weighted by atomic mass is 16.3. The Labute approximate surface area is 152 Å². The number of aliphatic hydroxyl groups is 1. The van der Waals surface area contributed by atoms with Gasteiger partial charge >= 0.3 is 0 Å². The molecular formula is C20H22N4O2. The van der Waals surface area contributed by atoms with Crippen molar-refractivity contribution in [2.24, 2.45) is 5.92 Å². The van der Waals surface area contributed by atoms with E-state index in [0.29, 0.717) is 11.7 Å². The van der Waals surface area contributed by atoms with E-state index in [2.05, 4.69) is 21.8 Å². The second-order valence-corrected chi connectivity index (χ2v) is 6.88. The predicted octanol–water partition coefficient (Wildman–Crippen LogP) is 3.31. The number of hydrogen-bond acceptors (Lipinski definition) is 6. The molecule has 0 aromatic carbocycles. The molecule has 0 unspecified atom stereocenters. The van der Waals surface area contributed by atoms with Crippen molar-refractivity contribution in [3.05, 3.63) is 48.6 Å². The Kier molecular flexibility index (Phi) is 4.42. The highest BCUT2D eigenvalue weighted by Crippen LogP contribution is 2.33. The maximum absolute atomic E-state index is 9.98. The van der Waals surface area contributed by atoms with Gasteiger partial charge < -0.3 is 14.4 Å². The third-order valence-corrected chi connectivity index (χ3v) is 4.98. The van der Waals surface area contributed by atoms with Crippen molar-refractivity contribution in [1.82, 2.24) is 15.0 Å². The smallest absolute Gasteiger partial charge is 0.226 e. The Bertz CT molecular complexity index is 895. The van der Waals surface area contributed by atoms with Crippen LogP contribution >= 0.6 is 0 Å². The topological polar surface area (TPSA) is 75.3 Å². The maximum atomic E-state index is 9.98. The number of nitrogens with zero attached hydrogens (tertiary/aromatic N) is 4. The zero-order valence-corrected chi connectivity index (χ0v) is 15.0. The molecule has 1 fully saturated rings. The number of aryl methyl sites for hydroxylation is 1. The Morgan fingerprint density at radius 2 is 2.12 bits per heavy atom. The fourth-order valence-electron chi connectivity index (χ4n) is 3.41. The van der Waals surface area contributed by atoms with Gasteiger partial charge in [-0.3, -0.25) is 4.98 Å². The number of aliphatic hydroxyl groups excluding tert-OH is 1. The summed E-state index contributed by atoms with van der Waals surface area (Å²) in [5.74, 6) is 1.58. The lowest BCUT2D eigenvalue weighted by atomic mass is 9.97. The zero-order chi connectivity index (χ0) is 18.1. The molecule has 1 aliphatic rings. The van der Waals surface area contributed by atoms with Crippen molar-refractivity contribution < 1.29 is 9.52 Å². The van der Waals surface area contributed by atoms with E-state index >= 15 is 0 Å². The third kappa shape index (κ3) is 3.08. The van der Waals surface area contributed by atoms with E-state index in [-0.39, 0.29) is 12.0 Å². The fraction of sp³-hybridized carbons (Fsp3) is 0.350. The zero-order valence-electron chi connectivity index (χ0n) is 15.0. The number of hydrogen-bond donors (Lipinski definition) is 1. The molecule has 0 aliphatic carbocycles. The van der Waals surface area contributed by atoms with Gasteiger partial charge in [0.15, 0.2) is 5.76 Å². The Hall–Kier alpha value is -2.73. The van der Waals surface area contributed by atoms with E-state index < -0.39 is 0 Å². The minimum absolute atomic E-state index is 0.196. The first kappa shape index (κ1) is 16.7. The highest BCUT2D eigenvalue weighted by Gasteiger charge is 2.26. The quantitative estimate of drug-likeness (QED) is 0.781. The molecule has 0 amide bonds. The number of rotatable bonds is 3. The maximum Gasteiger partial charge on any atom is 0.226 e. The van der Waals surface area contributed by atoms with Crippen LogP contribution in [0.1, 0.15) is 18.9 Å². The van der Waals surface area contributed by atoms with E-state index in [9.17, 15) is 5.11 Å². The summed E-state index contributed by atoms with van der Waals surface area (Å²) in [7, 11) is 0. The minimum Gasteiger partial charge on any atom is -0.463 e. The molecule has 134 valence electrons. The van der Waals surface area contributed by atoms with Gasteiger partial charge in [0.05, 0.1) is 12.4 Å². The molecular weight excluding hydrogens is 328 g/mol. The molecule has 6 nitrogen and oxygen atoms in total. The van der Waals surface area contributed by atoms with Gasteiger partial charge in [-0.05, 0) is 48.6 Å². The average molecular weight is 350 g/mol. The van der Waals surface area contributed by atoms with Crippen LogP contribution in [0.4, 0.5) is 5.95 Å². The standard InChI is InChI=1S/C20H22N4O2/c1-13-10-21-7-5-15(13)16-11-22-20(23-19(16)18-4-3-9-26-18)24-8-6-17(25)14(2)12-24/h3-5,7,9-11,14,17,25H,6,8,12H2,1-2H3/t14-,17-/m0/s1. The van der Waals surface area contributed by atoms with Crippen molar-refractivity contribution in [3.8, 4) is 22.6 Å². The first-order valence-electron chi connectivity index (χ1n) is 8.88. The molecule has 4 heterocycles. The van der Waals surface area contributed by atoms with Crippen LogP contribution in [0.25, 0.3) is 22.6 Å². The average Bonchev–Trinajstić information content (AvgIpc) is 3.19. The van der Waals surface area contributed by atoms with Gasteiger partial charge in [-0.25, -0.2) is 9.97 Å². The summed E-state index contributed by atoms with van der Waals surface area (Å²) in [4.78, 5) is 15.8. The Morgan fingerprint density at radius 3 is 2.85 bits per heavy atom. The normalized spacial score (nSPS) is 20.3. The monoisotopic (exact) mass is 350 g/mol. The molecule has 0 saturated carbocycles. The number of furan rings is 1. The molecule has 4 rings (SSSR count). The Morgan fingerprint density at radius 1 is 1.23 bits per heavy atom. The number of aromatic nitrogens is 3. The van der Waals surface area contributed by atoms with E-state index in [1.54, 1.807) is 12.5 Å². The summed E-state index contributed by atoms with van der Waals surface area (Å²) >= 11 is 0. The summed E-state index contributed by atoms with van der Waals surface area (Å²) in [6.45, 7) is 5.57. The van der Waals surface area contributed by atoms with Gasteiger partial charge in [-0.15, -0.1) is 0 Å². The van der Waals surface area contributed by atoms with E-state index in [0.717, 1.165) is 41.9 Å². The van der Waals surface area contributed by atoms with Crippen LogP contribution in [0.5, 0.6) is 0 Å². The second kappa shape index (κ2) is 6.88. The molecule has 1 saturated heterocycles. The van der Waals surface area contributed by atoms with Crippen LogP contribution in [-0.2, 0) is 0 Å². The largest absolute Gasteiger partial charge is 0.463 e. The third-order valence-electron chi connectivity index (χ3n) is 4.98. The Balaban J connectivity index is 1.78. The first-order chi connectivity index (χ1) is 12.6. The summed E-state index contributed by atoms with van der Waals surface area (Å²) in [6.07, 6.45) is 7.59. The van der Waals surface area contributed by atoms with Crippen LogP contribution in [0.15, 0.2) is 47.5 Å². The van der Waals surface area contributed by atoms with Crippen LogP contribution in [-0.4, -0.2) is 39.3 Å². The van der Waals surface area contributed by atoms with Crippen LogP contribution in [0.3, 0.4) is 0 Å². The molecule has 2 atom stereocenters. The van der Waals surface area contributed by atoms with Crippen molar-refractivity contribution in [2.75, 3.05) is 18.0 Å². The van der Waals surface area contributed by atoms with Crippen molar-refractivity contribution in [3.63, 3.8) is 0 Å². The molecule has 1 aliphatic heterocycles. The van der Waals surface area contributed by atoms with E-state index in [4.69, 9.17) is 9.40 Å². The van der Waals surface area contributed by atoms with Crippen LogP contribution in [0.2, 0.25) is 0 Å². The lowest BCUT2D eigenvalue weighted by molar-refractivity contribution is 0.0966. The van der Waals surface area contributed by atoms with Crippen LogP contribution in [0, 0.1) is 12.8 Å². The summed E-state index contributed by atoms with van der Waals surface area (Å²) in [5.41, 5.74) is 3.80. The molecule has 6 heteroatoms. The van der Waals surface area contributed by atoms with Gasteiger partial charge in [0, 0.05) is 37.2 Å². The molecule has 1 N–H and O–H groups in total. The lowest BCUT2D eigenvalue weighted by Gasteiger charge is -2.34. The van der Waals surface area contributed by atoms with E-state index in [1.165, 1.54) is 0 Å². The predicted molar refractivity (Wildman–Crippen MR) is 99.7 cm³/mol. The minimum atomic E-state index is -0.255. The number of pyridine rings is 1. The van der Waals surface area contributed by atoms with Gasteiger partial charge in [-0.2, -0.15) is 0 Å². The van der Waals surface area contributed by atoms with Crippen molar-refractivity contribution in [1.29, 1.82) is 0 Å². The van der Waals surface area contributed by atoms with Gasteiger partial charge in [0.25, 0.3) is 0 Å². The molecule has 26 heavy (non-hydrogen) atoms. The summed E-state index contributed by atoms with van der Waals surface area (Å²) in [5, 5.41) is 9.98. The SMILES string of the molecule is Cc1cnccc1-c1cnc(N2CC[C@H](O)[C@@H](C)C2)nc1-c1ccco1.